The first-order chi connectivity index (χ1) is 11.4. The van der Waals surface area contributed by atoms with Crippen LogP contribution in [0.15, 0.2) is 24.5 Å². The van der Waals surface area contributed by atoms with Crippen molar-refractivity contribution in [3.8, 4) is 5.88 Å². The van der Waals surface area contributed by atoms with E-state index in [1.54, 1.807) is 19.1 Å². The number of ether oxygens (including phenoxy) is 2. The molecule has 0 aromatic carbocycles. The summed E-state index contributed by atoms with van der Waals surface area (Å²) >= 11 is 0. The normalized spacial score (nSPS) is 10.7. The summed E-state index contributed by atoms with van der Waals surface area (Å²) in [6.07, 6.45) is 2.53. The fourth-order valence-electron chi connectivity index (χ4n) is 2.00. The lowest BCUT2D eigenvalue weighted by Crippen LogP contribution is -2.14. The first kappa shape index (κ1) is 17.4. The predicted octanol–water partition coefficient (Wildman–Crippen LogP) is 2.14. The minimum Gasteiger partial charge on any atom is -0.475 e. The summed E-state index contributed by atoms with van der Waals surface area (Å²) in [7, 11) is 0. The van der Waals surface area contributed by atoms with E-state index in [0.717, 1.165) is 0 Å². The molecule has 9 nitrogen and oxygen atoms in total. The molecule has 0 fully saturated rings. The van der Waals surface area contributed by atoms with Crippen molar-refractivity contribution >= 4 is 11.8 Å². The Hall–Kier alpha value is -2.97. The maximum Gasteiger partial charge on any atom is 0.342 e. The topological polar surface area (TPSA) is 109 Å². The van der Waals surface area contributed by atoms with Crippen molar-refractivity contribution in [3.63, 3.8) is 0 Å². The van der Waals surface area contributed by atoms with Crippen LogP contribution in [0.1, 0.15) is 30.0 Å². The predicted molar refractivity (Wildman–Crippen MR) is 83.9 cm³/mol. The third kappa shape index (κ3) is 4.28. The van der Waals surface area contributed by atoms with Gasteiger partial charge >= 0.3 is 11.8 Å². The molecular formula is C15H18N4O5. The lowest BCUT2D eigenvalue weighted by atomic mass is 10.3. The lowest BCUT2D eigenvalue weighted by Gasteiger charge is -2.09. The number of hydrogen-bond donors (Lipinski definition) is 0. The number of pyridine rings is 1. The van der Waals surface area contributed by atoms with Crippen molar-refractivity contribution in [1.29, 1.82) is 0 Å². The van der Waals surface area contributed by atoms with E-state index in [2.05, 4.69) is 9.97 Å². The maximum atomic E-state index is 11.9. The van der Waals surface area contributed by atoms with Gasteiger partial charge in [0.15, 0.2) is 5.82 Å². The van der Waals surface area contributed by atoms with Crippen LogP contribution in [0.4, 0.5) is 5.82 Å². The van der Waals surface area contributed by atoms with Gasteiger partial charge in [0, 0.05) is 19.2 Å². The van der Waals surface area contributed by atoms with Gasteiger partial charge in [0.1, 0.15) is 19.3 Å². The van der Waals surface area contributed by atoms with Crippen molar-refractivity contribution in [2.24, 2.45) is 0 Å². The highest BCUT2D eigenvalue weighted by atomic mass is 16.6. The summed E-state index contributed by atoms with van der Waals surface area (Å²) in [6, 6.07) is 3.14. The molecular weight excluding hydrogens is 316 g/mol. The second kappa shape index (κ2) is 7.53. The molecule has 0 radical (unpaired) electrons. The molecule has 0 bridgehead atoms. The summed E-state index contributed by atoms with van der Waals surface area (Å²) < 4.78 is 11.9. The summed E-state index contributed by atoms with van der Waals surface area (Å²) in [4.78, 5) is 30.2. The number of nitrogens with zero attached hydrogens (tertiary/aromatic N) is 4. The first-order valence-electron chi connectivity index (χ1n) is 7.35. The monoisotopic (exact) mass is 334 g/mol. The highest BCUT2D eigenvalue weighted by molar-refractivity contribution is 5.89. The van der Waals surface area contributed by atoms with Crippen LogP contribution < -0.4 is 4.74 Å². The van der Waals surface area contributed by atoms with Crippen LogP contribution in [0.5, 0.6) is 5.88 Å². The van der Waals surface area contributed by atoms with Gasteiger partial charge in [-0.3, -0.25) is 0 Å². The molecule has 0 saturated carbocycles. The van der Waals surface area contributed by atoms with E-state index in [1.807, 2.05) is 13.8 Å². The third-order valence-electron chi connectivity index (χ3n) is 3.10. The van der Waals surface area contributed by atoms with E-state index in [1.165, 1.54) is 17.0 Å². The van der Waals surface area contributed by atoms with Crippen LogP contribution in [0.25, 0.3) is 0 Å². The van der Waals surface area contributed by atoms with E-state index >= 15 is 0 Å². The molecule has 0 saturated heterocycles. The fraction of sp³-hybridized carbons (Fsp3) is 0.400. The van der Waals surface area contributed by atoms with Crippen molar-refractivity contribution in [2.75, 3.05) is 6.61 Å². The van der Waals surface area contributed by atoms with Gasteiger partial charge in [-0.25, -0.2) is 19.3 Å². The molecule has 2 heterocycles. The third-order valence-corrected chi connectivity index (χ3v) is 3.10. The fourth-order valence-corrected chi connectivity index (χ4v) is 2.00. The van der Waals surface area contributed by atoms with Crippen LogP contribution >= 0.6 is 0 Å². The largest absolute Gasteiger partial charge is 0.475 e. The Balaban J connectivity index is 1.92. The second-order valence-corrected chi connectivity index (χ2v) is 5.26. The Bertz CT molecular complexity index is 724. The number of carbonyl (C=O) groups is 1. The van der Waals surface area contributed by atoms with Gasteiger partial charge < -0.3 is 19.6 Å². The van der Waals surface area contributed by atoms with Crippen molar-refractivity contribution < 1.29 is 19.2 Å². The maximum absolute atomic E-state index is 11.9. The van der Waals surface area contributed by atoms with Gasteiger partial charge in [-0.05, 0) is 24.8 Å². The number of imidazole rings is 1. The number of nitro groups is 1. The Morgan fingerprint density at radius 3 is 2.67 bits per heavy atom. The number of rotatable bonds is 7. The Morgan fingerprint density at radius 1 is 1.33 bits per heavy atom. The smallest absolute Gasteiger partial charge is 0.342 e. The second-order valence-electron chi connectivity index (χ2n) is 5.26. The average Bonchev–Trinajstić information content (AvgIpc) is 2.89. The summed E-state index contributed by atoms with van der Waals surface area (Å²) in [5.74, 6) is 0.209. The Morgan fingerprint density at radius 2 is 2.08 bits per heavy atom. The lowest BCUT2D eigenvalue weighted by molar-refractivity contribution is -0.392. The van der Waals surface area contributed by atoms with E-state index < -0.39 is 10.9 Å². The van der Waals surface area contributed by atoms with E-state index in [9.17, 15) is 14.9 Å². The van der Waals surface area contributed by atoms with Crippen molar-refractivity contribution in [2.45, 2.75) is 33.4 Å². The molecule has 0 atom stereocenters. The standard InChI is InChI=1S/C15H18N4O5/c1-10(2)24-13-5-4-12(8-17-13)15(20)23-7-6-18-11(3)16-9-14(18)19(21)22/h4-5,8-10H,6-7H2,1-3H3. The van der Waals surface area contributed by atoms with E-state index in [4.69, 9.17) is 9.47 Å². The Kier molecular flexibility index (Phi) is 5.46. The first-order valence-corrected chi connectivity index (χ1v) is 7.35. The minimum absolute atomic E-state index is 0.00971. The summed E-state index contributed by atoms with van der Waals surface area (Å²) in [6.45, 7) is 5.53. The van der Waals surface area contributed by atoms with Crippen LogP contribution in [-0.4, -0.2) is 38.1 Å². The molecule has 0 spiro atoms. The SMILES string of the molecule is Cc1ncc([N+](=O)[O-])n1CCOC(=O)c1ccc(OC(C)C)nc1. The zero-order chi connectivity index (χ0) is 17.7. The summed E-state index contributed by atoms with van der Waals surface area (Å²) in [5.41, 5.74) is 0.281. The molecule has 2 aromatic rings. The van der Waals surface area contributed by atoms with Gasteiger partial charge in [0.25, 0.3) is 0 Å². The minimum atomic E-state index is -0.556. The molecule has 0 unspecified atom stereocenters. The molecule has 0 aliphatic carbocycles. The van der Waals surface area contributed by atoms with E-state index in [0.29, 0.717) is 11.7 Å². The molecule has 9 heteroatoms. The van der Waals surface area contributed by atoms with Gasteiger partial charge in [-0.2, -0.15) is 0 Å². The van der Waals surface area contributed by atoms with Gasteiger partial charge in [-0.15, -0.1) is 0 Å². The number of esters is 1. The van der Waals surface area contributed by atoms with Crippen molar-refractivity contribution in [3.05, 3.63) is 46.0 Å². The number of aromatic nitrogens is 3. The quantitative estimate of drug-likeness (QED) is 0.433. The van der Waals surface area contributed by atoms with E-state index in [-0.39, 0.29) is 30.6 Å². The van der Waals surface area contributed by atoms with Gasteiger partial charge in [0.2, 0.25) is 5.88 Å². The molecule has 2 rings (SSSR count). The highest BCUT2D eigenvalue weighted by Crippen LogP contribution is 2.14. The Labute approximate surface area is 138 Å². The molecule has 128 valence electrons. The molecule has 2 aromatic heterocycles. The number of aryl methyl sites for hydroxylation is 1. The van der Waals surface area contributed by atoms with Crippen LogP contribution in [0.2, 0.25) is 0 Å². The number of hydrogen-bond acceptors (Lipinski definition) is 7. The molecule has 0 aliphatic heterocycles. The molecule has 0 amide bonds. The van der Waals surface area contributed by atoms with Crippen molar-refractivity contribution in [1.82, 2.24) is 14.5 Å². The average molecular weight is 334 g/mol. The molecule has 0 N–H and O–H groups in total. The van der Waals surface area contributed by atoms with Crippen LogP contribution in [0, 0.1) is 17.0 Å². The van der Waals surface area contributed by atoms with Crippen LogP contribution in [0.3, 0.4) is 0 Å². The number of carbonyl (C=O) groups excluding carboxylic acids is 1. The molecule has 24 heavy (non-hydrogen) atoms. The zero-order valence-corrected chi connectivity index (χ0v) is 13.6. The summed E-state index contributed by atoms with van der Waals surface area (Å²) in [5, 5.41) is 10.9. The molecule has 0 aliphatic rings. The van der Waals surface area contributed by atoms with Gasteiger partial charge in [-0.1, -0.05) is 0 Å². The zero-order valence-electron chi connectivity index (χ0n) is 13.6. The van der Waals surface area contributed by atoms with Gasteiger partial charge in [0.05, 0.1) is 11.7 Å². The highest BCUT2D eigenvalue weighted by Gasteiger charge is 2.18. The van der Waals surface area contributed by atoms with Crippen LogP contribution in [-0.2, 0) is 11.3 Å².